The van der Waals surface area contributed by atoms with Gasteiger partial charge in [-0.1, -0.05) is 18.2 Å². The van der Waals surface area contributed by atoms with Gasteiger partial charge in [0.05, 0.1) is 9.77 Å². The lowest BCUT2D eigenvalue weighted by atomic mass is 9.93. The molecule has 1 aliphatic rings. The molecule has 0 spiro atoms. The molecule has 0 bridgehead atoms. The van der Waals surface area contributed by atoms with Gasteiger partial charge >= 0.3 is 0 Å². The first-order valence-corrected chi connectivity index (χ1v) is 9.95. The third-order valence-electron chi connectivity index (χ3n) is 4.22. The second kappa shape index (κ2) is 6.55. The molecule has 3 rings (SSSR count). The maximum atomic E-state index is 12.7. The Morgan fingerprint density at radius 3 is 2.61 bits per heavy atom. The Bertz CT molecular complexity index is 796. The number of aryl methyl sites for hydroxylation is 1. The lowest BCUT2D eigenvalue weighted by Crippen LogP contribution is -2.42. The Morgan fingerprint density at radius 1 is 1.22 bits per heavy atom. The summed E-state index contributed by atoms with van der Waals surface area (Å²) in [7, 11) is -3.52. The van der Waals surface area contributed by atoms with Crippen molar-refractivity contribution in [3.05, 3.63) is 52.2 Å². The number of sulfonamides is 1. The zero-order chi connectivity index (χ0) is 16.4. The number of nitrogens with zero attached hydrogens (tertiary/aromatic N) is 1. The van der Waals surface area contributed by atoms with Crippen LogP contribution in [0.5, 0.6) is 0 Å². The third-order valence-corrected chi connectivity index (χ3v) is 7.13. The molecule has 0 radical (unpaired) electrons. The van der Waals surface area contributed by atoms with Gasteiger partial charge in [-0.2, -0.15) is 4.31 Å². The van der Waals surface area contributed by atoms with Crippen molar-refractivity contribution in [1.29, 1.82) is 0 Å². The van der Waals surface area contributed by atoms with Gasteiger partial charge in [0.2, 0.25) is 10.0 Å². The van der Waals surface area contributed by atoms with Crippen molar-refractivity contribution in [3.63, 3.8) is 0 Å². The molecule has 0 unspecified atom stereocenters. The molecule has 122 valence electrons. The fourth-order valence-electron chi connectivity index (χ4n) is 2.93. The van der Waals surface area contributed by atoms with Gasteiger partial charge in [0.1, 0.15) is 0 Å². The van der Waals surface area contributed by atoms with Crippen LogP contribution in [0.3, 0.4) is 0 Å². The van der Waals surface area contributed by atoms with E-state index in [0.717, 1.165) is 16.9 Å². The van der Waals surface area contributed by atoms with Crippen molar-refractivity contribution in [3.8, 4) is 0 Å². The minimum absolute atomic E-state index is 0.0745. The lowest BCUT2D eigenvalue weighted by Gasteiger charge is -2.31. The van der Waals surface area contributed by atoms with E-state index in [4.69, 9.17) is 0 Å². The van der Waals surface area contributed by atoms with E-state index in [1.165, 1.54) is 15.6 Å². The van der Waals surface area contributed by atoms with Crippen molar-refractivity contribution in [2.24, 2.45) is 5.92 Å². The molecule has 0 aliphatic carbocycles. The molecule has 0 saturated carbocycles. The molecule has 0 amide bonds. The number of hydrogen-bond acceptors (Lipinski definition) is 4. The highest BCUT2D eigenvalue weighted by Gasteiger charge is 2.34. The van der Waals surface area contributed by atoms with E-state index < -0.39 is 10.0 Å². The summed E-state index contributed by atoms with van der Waals surface area (Å²) in [5.74, 6) is -0.176. The SMILES string of the molecule is Cc1ccsc1C(=O)[C@H]1CCCN(S(=O)(=O)c2ccccc2)C1. The normalized spacial score (nSPS) is 19.6. The van der Waals surface area contributed by atoms with Crippen LogP contribution in [0.4, 0.5) is 0 Å². The fraction of sp³-hybridized carbons (Fsp3) is 0.353. The van der Waals surface area contributed by atoms with Gasteiger partial charge < -0.3 is 0 Å². The maximum absolute atomic E-state index is 12.7. The van der Waals surface area contributed by atoms with Crippen molar-refractivity contribution >= 4 is 27.1 Å². The Kier molecular flexibility index (Phi) is 4.66. The first kappa shape index (κ1) is 16.4. The van der Waals surface area contributed by atoms with Crippen LogP contribution in [-0.2, 0) is 10.0 Å². The summed E-state index contributed by atoms with van der Waals surface area (Å²) in [5, 5.41) is 1.91. The molecule has 4 nitrogen and oxygen atoms in total. The van der Waals surface area contributed by atoms with Gasteiger partial charge in [-0.25, -0.2) is 8.42 Å². The number of benzene rings is 1. The van der Waals surface area contributed by atoms with E-state index in [-0.39, 0.29) is 18.2 Å². The van der Waals surface area contributed by atoms with E-state index in [0.29, 0.717) is 17.9 Å². The second-order valence-corrected chi connectivity index (χ2v) is 8.67. The number of carbonyl (C=O) groups is 1. The minimum Gasteiger partial charge on any atom is -0.293 e. The molecule has 23 heavy (non-hydrogen) atoms. The first-order valence-electron chi connectivity index (χ1n) is 7.63. The van der Waals surface area contributed by atoms with Gasteiger partial charge in [0.25, 0.3) is 0 Å². The average molecular weight is 349 g/mol. The van der Waals surface area contributed by atoms with E-state index in [9.17, 15) is 13.2 Å². The molecule has 1 fully saturated rings. The largest absolute Gasteiger partial charge is 0.293 e. The average Bonchev–Trinajstić information content (AvgIpc) is 3.01. The van der Waals surface area contributed by atoms with Crippen molar-refractivity contribution in [1.82, 2.24) is 4.31 Å². The molecule has 6 heteroatoms. The zero-order valence-electron chi connectivity index (χ0n) is 12.9. The van der Waals surface area contributed by atoms with Crippen LogP contribution in [0.2, 0.25) is 0 Å². The topological polar surface area (TPSA) is 54.5 Å². The summed E-state index contributed by atoms with van der Waals surface area (Å²) >= 11 is 1.44. The quantitative estimate of drug-likeness (QED) is 0.796. The number of ketones is 1. The van der Waals surface area contributed by atoms with Gasteiger partial charge in [-0.3, -0.25) is 4.79 Å². The van der Waals surface area contributed by atoms with Gasteiger partial charge in [-0.05, 0) is 48.9 Å². The highest BCUT2D eigenvalue weighted by molar-refractivity contribution is 7.89. The van der Waals surface area contributed by atoms with Crippen LogP contribution in [0, 0.1) is 12.8 Å². The van der Waals surface area contributed by atoms with E-state index in [2.05, 4.69) is 0 Å². The third kappa shape index (κ3) is 3.24. The Hall–Kier alpha value is -1.50. The van der Waals surface area contributed by atoms with Crippen LogP contribution >= 0.6 is 11.3 Å². The van der Waals surface area contributed by atoms with E-state index in [1.54, 1.807) is 30.3 Å². The van der Waals surface area contributed by atoms with Crippen molar-refractivity contribution in [2.75, 3.05) is 13.1 Å². The number of hydrogen-bond donors (Lipinski definition) is 0. The minimum atomic E-state index is -3.52. The van der Waals surface area contributed by atoms with Crippen LogP contribution < -0.4 is 0 Å². The highest BCUT2D eigenvalue weighted by Crippen LogP contribution is 2.28. The molecule has 1 aliphatic heterocycles. The van der Waals surface area contributed by atoms with Gasteiger partial charge in [0.15, 0.2) is 5.78 Å². The predicted octanol–water partition coefficient (Wildman–Crippen LogP) is 3.34. The highest BCUT2D eigenvalue weighted by atomic mass is 32.2. The molecule has 1 saturated heterocycles. The lowest BCUT2D eigenvalue weighted by molar-refractivity contribution is 0.0876. The van der Waals surface area contributed by atoms with E-state index in [1.807, 2.05) is 18.4 Å². The summed E-state index contributed by atoms with van der Waals surface area (Å²) in [6, 6.07) is 10.4. The molecule has 1 aromatic heterocycles. The molecule has 1 aromatic carbocycles. The zero-order valence-corrected chi connectivity index (χ0v) is 14.6. The number of thiophene rings is 1. The maximum Gasteiger partial charge on any atom is 0.243 e. The molecular weight excluding hydrogens is 330 g/mol. The van der Waals surface area contributed by atoms with Crippen LogP contribution in [-0.4, -0.2) is 31.6 Å². The monoisotopic (exact) mass is 349 g/mol. The smallest absolute Gasteiger partial charge is 0.243 e. The molecule has 0 N–H and O–H groups in total. The summed E-state index contributed by atoms with van der Waals surface area (Å²) in [4.78, 5) is 13.7. The predicted molar refractivity (Wildman–Crippen MR) is 91.3 cm³/mol. The molecule has 2 heterocycles. The molecule has 2 aromatic rings. The second-order valence-electron chi connectivity index (χ2n) is 5.81. The summed E-state index contributed by atoms with van der Waals surface area (Å²) in [6.07, 6.45) is 1.46. The van der Waals surface area contributed by atoms with E-state index >= 15 is 0 Å². The first-order chi connectivity index (χ1) is 11.0. The summed E-state index contributed by atoms with van der Waals surface area (Å²) in [5.41, 5.74) is 0.975. The summed E-state index contributed by atoms with van der Waals surface area (Å²) in [6.45, 7) is 2.67. The van der Waals surface area contributed by atoms with Crippen LogP contribution in [0.15, 0.2) is 46.7 Å². The Labute approximate surface area is 140 Å². The number of rotatable bonds is 4. The Morgan fingerprint density at radius 2 is 1.96 bits per heavy atom. The van der Waals surface area contributed by atoms with Gasteiger partial charge in [0, 0.05) is 19.0 Å². The van der Waals surface area contributed by atoms with Crippen molar-refractivity contribution < 1.29 is 13.2 Å². The Balaban J connectivity index is 1.81. The van der Waals surface area contributed by atoms with Crippen LogP contribution in [0.1, 0.15) is 28.1 Å². The standard InChI is InChI=1S/C17H19NO3S2/c1-13-9-11-22-17(13)16(19)14-6-5-10-18(12-14)23(20,21)15-7-3-2-4-8-15/h2-4,7-9,11,14H,5-6,10,12H2,1H3/t14-/m0/s1. The molecular formula is C17H19NO3S2. The fourth-order valence-corrected chi connectivity index (χ4v) is 5.42. The summed E-state index contributed by atoms with van der Waals surface area (Å²) < 4.78 is 26.9. The number of Topliss-reactive ketones (excluding diaryl/α,β-unsaturated/α-hetero) is 1. The number of piperidine rings is 1. The van der Waals surface area contributed by atoms with Crippen LogP contribution in [0.25, 0.3) is 0 Å². The number of carbonyl (C=O) groups excluding carboxylic acids is 1. The van der Waals surface area contributed by atoms with Crippen molar-refractivity contribution in [2.45, 2.75) is 24.7 Å². The molecule has 1 atom stereocenters. The van der Waals surface area contributed by atoms with Gasteiger partial charge in [-0.15, -0.1) is 11.3 Å².